The second-order valence-electron chi connectivity index (χ2n) is 13.6. The molecule has 13 nitrogen and oxygen atoms in total. The van der Waals surface area contributed by atoms with Crippen molar-refractivity contribution in [3.63, 3.8) is 0 Å². The molecule has 0 heterocycles. The van der Waals surface area contributed by atoms with Crippen LogP contribution in [0.2, 0.25) is 0 Å². The van der Waals surface area contributed by atoms with E-state index in [0.29, 0.717) is 0 Å². The van der Waals surface area contributed by atoms with Gasteiger partial charge in [-0.3, -0.25) is 24.0 Å². The van der Waals surface area contributed by atoms with E-state index in [-0.39, 0.29) is 43.2 Å². The zero-order valence-electron chi connectivity index (χ0n) is 26.9. The molecule has 0 aliphatic heterocycles. The standard InChI is InChI=1S/C37H35N3O10/c1-36(48)22-11-6-12-25(41)26(22)30(42)27-23(36)15-24-29(31(43)28(34(38)46)33(45)37(24,49)32(27)44)39-13-14-40-35(47)50-16-21-19-9-4-2-7-17(19)18-8-3-5-10-20(18)21/h2-12,21,23-24,27-29,39,41,48-49H,13-16H2,1H3,(H2,38,46)(H,40,47)/t23-,24-,27?,28?,29-,36+,37-/m0/s1. The molecule has 2 amide bonds. The molecule has 3 aromatic rings. The van der Waals surface area contributed by atoms with Gasteiger partial charge in [-0.1, -0.05) is 60.7 Å². The molecule has 0 saturated heterocycles. The van der Waals surface area contributed by atoms with E-state index in [4.69, 9.17) is 10.5 Å². The zero-order valence-corrected chi connectivity index (χ0v) is 26.9. The third kappa shape index (κ3) is 4.79. The van der Waals surface area contributed by atoms with Crippen LogP contribution in [-0.2, 0) is 29.5 Å². The summed E-state index contributed by atoms with van der Waals surface area (Å²) in [6, 6.07) is 18.3. The summed E-state index contributed by atoms with van der Waals surface area (Å²) in [5, 5.41) is 39.5. The molecule has 7 atom stereocenters. The van der Waals surface area contributed by atoms with Gasteiger partial charge >= 0.3 is 6.09 Å². The van der Waals surface area contributed by atoms with E-state index in [9.17, 15) is 44.1 Å². The van der Waals surface area contributed by atoms with Crippen molar-refractivity contribution in [2.45, 2.75) is 36.5 Å². The second kappa shape index (κ2) is 12.0. The summed E-state index contributed by atoms with van der Waals surface area (Å²) in [6.07, 6.45) is -1.10. The molecule has 4 aliphatic carbocycles. The molecular formula is C37H35N3O10. The molecular weight excluding hydrogens is 646 g/mol. The topological polar surface area (TPSA) is 222 Å². The lowest BCUT2D eigenvalue weighted by atomic mass is 9.50. The number of aromatic hydroxyl groups is 1. The Morgan fingerprint density at radius 2 is 1.52 bits per heavy atom. The normalized spacial score (nSPS) is 29.7. The summed E-state index contributed by atoms with van der Waals surface area (Å²) in [7, 11) is 0. The van der Waals surface area contributed by atoms with Crippen LogP contribution < -0.4 is 16.4 Å². The number of nitrogens with one attached hydrogen (secondary N) is 2. The molecule has 7 rings (SSSR count). The van der Waals surface area contributed by atoms with Gasteiger partial charge in [-0.15, -0.1) is 0 Å². The fourth-order valence-electron chi connectivity index (χ4n) is 8.58. The highest BCUT2D eigenvalue weighted by atomic mass is 16.5. The Hall–Kier alpha value is -5.24. The van der Waals surface area contributed by atoms with Crippen molar-refractivity contribution in [3.05, 3.63) is 89.0 Å². The molecule has 7 N–H and O–H groups in total. The Kier molecular flexibility index (Phi) is 7.96. The van der Waals surface area contributed by atoms with Crippen molar-refractivity contribution in [1.82, 2.24) is 10.6 Å². The smallest absolute Gasteiger partial charge is 0.407 e. The van der Waals surface area contributed by atoms with E-state index < -0.39 is 81.8 Å². The summed E-state index contributed by atoms with van der Waals surface area (Å²) in [5.41, 5.74) is 4.49. The zero-order chi connectivity index (χ0) is 35.7. The van der Waals surface area contributed by atoms with Crippen LogP contribution >= 0.6 is 0 Å². The Labute approximate surface area is 285 Å². The minimum atomic E-state index is -2.99. The summed E-state index contributed by atoms with van der Waals surface area (Å²) >= 11 is 0. The van der Waals surface area contributed by atoms with Gasteiger partial charge in [0.05, 0.1) is 23.1 Å². The number of hydrogen-bond acceptors (Lipinski definition) is 11. The van der Waals surface area contributed by atoms with Crippen LogP contribution in [0.5, 0.6) is 5.75 Å². The summed E-state index contributed by atoms with van der Waals surface area (Å²) < 4.78 is 5.55. The number of nitrogens with two attached hydrogens (primary N) is 1. The van der Waals surface area contributed by atoms with Crippen LogP contribution in [0.25, 0.3) is 11.1 Å². The third-order valence-corrected chi connectivity index (χ3v) is 11.0. The van der Waals surface area contributed by atoms with Crippen molar-refractivity contribution in [2.75, 3.05) is 19.7 Å². The first kappa shape index (κ1) is 33.3. The van der Waals surface area contributed by atoms with Crippen LogP contribution in [0.3, 0.4) is 0 Å². The molecule has 2 saturated carbocycles. The first-order valence-electron chi connectivity index (χ1n) is 16.3. The number of carbonyl (C=O) groups is 6. The average Bonchev–Trinajstić information content (AvgIpc) is 3.40. The fraction of sp³-hybridized carbons (Fsp3) is 0.351. The number of fused-ring (bicyclic) bond motifs is 6. The summed E-state index contributed by atoms with van der Waals surface area (Å²) in [5.74, 6) is -13.3. The average molecular weight is 682 g/mol. The molecule has 2 unspecified atom stereocenters. The fourth-order valence-corrected chi connectivity index (χ4v) is 8.58. The van der Waals surface area contributed by atoms with Gasteiger partial charge in [0.15, 0.2) is 34.7 Å². The number of alkyl carbamates (subject to hydrolysis) is 1. The molecule has 2 fully saturated rings. The van der Waals surface area contributed by atoms with Crippen molar-refractivity contribution < 1.29 is 48.8 Å². The quantitative estimate of drug-likeness (QED) is 0.153. The first-order chi connectivity index (χ1) is 23.8. The van der Waals surface area contributed by atoms with Gasteiger partial charge in [-0.05, 0) is 47.2 Å². The minimum Gasteiger partial charge on any atom is -0.507 e. The lowest BCUT2D eigenvalue weighted by molar-refractivity contribution is -0.185. The van der Waals surface area contributed by atoms with Crippen molar-refractivity contribution >= 4 is 35.1 Å². The van der Waals surface area contributed by atoms with E-state index in [1.165, 1.54) is 25.1 Å². The maximum Gasteiger partial charge on any atom is 0.407 e. The highest BCUT2D eigenvalue weighted by Gasteiger charge is 2.71. The van der Waals surface area contributed by atoms with Crippen molar-refractivity contribution in [3.8, 4) is 16.9 Å². The maximum atomic E-state index is 14.1. The Balaban J connectivity index is 1.07. The molecule has 0 radical (unpaired) electrons. The van der Waals surface area contributed by atoms with Crippen LogP contribution in [0.4, 0.5) is 4.79 Å². The number of Topliss-reactive ketones (excluding diaryl/α,β-unsaturated/α-hetero) is 4. The molecule has 0 bridgehead atoms. The SMILES string of the molecule is C[C@@]1(O)c2cccc(O)c2C(=O)C2C(=O)[C@]3(O)C(=O)C(C(N)=O)C(=O)[C@@H](NCCNC(=O)OCC4c5ccccc5-c5ccccc54)[C@@H]3C[C@@H]21. The molecule has 50 heavy (non-hydrogen) atoms. The van der Waals surface area contributed by atoms with Gasteiger partial charge in [0, 0.05) is 30.8 Å². The molecule has 3 aromatic carbocycles. The number of phenolic OH excluding ortho intramolecular Hbond substituents is 1. The van der Waals surface area contributed by atoms with Gasteiger partial charge in [0.2, 0.25) is 5.91 Å². The number of aliphatic hydroxyl groups is 2. The second-order valence-corrected chi connectivity index (χ2v) is 13.6. The predicted octanol–water partition coefficient (Wildman–Crippen LogP) is 1.10. The maximum absolute atomic E-state index is 14.1. The first-order valence-corrected chi connectivity index (χ1v) is 16.3. The van der Waals surface area contributed by atoms with Crippen molar-refractivity contribution in [2.24, 2.45) is 29.4 Å². The molecule has 0 aromatic heterocycles. The minimum absolute atomic E-state index is 0.0577. The molecule has 258 valence electrons. The van der Waals surface area contributed by atoms with Crippen LogP contribution in [-0.4, -0.2) is 81.8 Å². The Morgan fingerprint density at radius 3 is 2.16 bits per heavy atom. The summed E-state index contributed by atoms with van der Waals surface area (Å²) in [6.45, 7) is 1.20. The van der Waals surface area contributed by atoms with E-state index in [1.807, 2.05) is 48.5 Å². The van der Waals surface area contributed by atoms with Gasteiger partial charge in [0.25, 0.3) is 0 Å². The lowest BCUT2D eigenvalue weighted by Gasteiger charge is -2.54. The van der Waals surface area contributed by atoms with E-state index in [0.717, 1.165) is 22.3 Å². The van der Waals surface area contributed by atoms with Gasteiger partial charge in [-0.2, -0.15) is 0 Å². The highest BCUT2D eigenvalue weighted by Crippen LogP contribution is 2.55. The van der Waals surface area contributed by atoms with Gasteiger partial charge < -0.3 is 36.4 Å². The van der Waals surface area contributed by atoms with Crippen molar-refractivity contribution in [1.29, 1.82) is 0 Å². The van der Waals surface area contributed by atoms with E-state index in [2.05, 4.69) is 10.6 Å². The number of ether oxygens (including phenoxy) is 1. The third-order valence-electron chi connectivity index (χ3n) is 11.0. The number of rotatable bonds is 7. The number of benzene rings is 3. The Morgan fingerprint density at radius 1 is 0.880 bits per heavy atom. The van der Waals surface area contributed by atoms with Crippen LogP contribution in [0, 0.1) is 23.7 Å². The largest absolute Gasteiger partial charge is 0.507 e. The predicted molar refractivity (Wildman–Crippen MR) is 175 cm³/mol. The number of amides is 2. The van der Waals surface area contributed by atoms with E-state index in [1.54, 1.807) is 0 Å². The number of phenols is 1. The van der Waals surface area contributed by atoms with E-state index >= 15 is 0 Å². The number of primary amides is 1. The number of carbonyl (C=O) groups excluding carboxylic acids is 6. The highest BCUT2D eigenvalue weighted by molar-refractivity contribution is 6.32. The molecule has 13 heteroatoms. The van der Waals surface area contributed by atoms with Gasteiger partial charge in [-0.25, -0.2) is 4.79 Å². The number of hydrogen-bond donors (Lipinski definition) is 6. The Bertz CT molecular complexity index is 1950. The monoisotopic (exact) mass is 681 g/mol. The summed E-state index contributed by atoms with van der Waals surface area (Å²) in [4.78, 5) is 80.0. The number of ketones is 4. The van der Waals surface area contributed by atoms with Gasteiger partial charge in [0.1, 0.15) is 12.4 Å². The van der Waals surface area contributed by atoms with Crippen LogP contribution in [0.15, 0.2) is 66.7 Å². The lowest BCUT2D eigenvalue weighted by Crippen LogP contribution is -2.75. The van der Waals surface area contributed by atoms with Crippen LogP contribution in [0.1, 0.15) is 46.3 Å². The molecule has 0 spiro atoms. The molecule has 4 aliphatic rings.